The molecule has 0 heterocycles. The van der Waals surface area contributed by atoms with Crippen LogP contribution < -0.4 is 0 Å². The fourth-order valence-electron chi connectivity index (χ4n) is 2.19. The monoisotopic (exact) mass is 249 g/mol. The zero-order valence-electron chi connectivity index (χ0n) is 12.0. The summed E-state index contributed by atoms with van der Waals surface area (Å²) in [5, 5.41) is 0. The number of hydrogen-bond acceptors (Lipinski definition) is 0. The van der Waals surface area contributed by atoms with Crippen LogP contribution >= 0.6 is 0 Å². The number of unbranched alkanes of at least 4 members (excludes halogenated alkanes) is 8. The maximum absolute atomic E-state index is 2.36. The molecule has 0 spiro atoms. The first-order chi connectivity index (χ1) is 7.81. The summed E-state index contributed by atoms with van der Waals surface area (Å²) >= 11 is 0. The Hall–Kier alpha value is 1.00. The molecule has 0 aliphatic carbocycles. The minimum atomic E-state index is 0. The van der Waals surface area contributed by atoms with Gasteiger partial charge in [-0.3, -0.25) is 0 Å². The molecule has 0 amide bonds. The van der Waals surface area contributed by atoms with E-state index in [1.54, 1.807) is 5.92 Å². The topological polar surface area (TPSA) is 0 Å². The maximum atomic E-state index is 2.36. The summed E-state index contributed by atoms with van der Waals surface area (Å²) in [5.41, 5.74) is 0. The van der Waals surface area contributed by atoms with E-state index >= 15 is 0 Å². The molecule has 0 aliphatic heterocycles. The Morgan fingerprint density at radius 3 is 1.41 bits per heavy atom. The van der Waals surface area contributed by atoms with Crippen molar-refractivity contribution in [2.45, 2.75) is 97.8 Å². The van der Waals surface area contributed by atoms with Crippen LogP contribution in [0.5, 0.6) is 0 Å². The SMILES string of the molecule is CCCCCCCC[C](C)CCCCCC.[NaH]. The van der Waals surface area contributed by atoms with Gasteiger partial charge in [0.1, 0.15) is 0 Å². The molecule has 0 rings (SSSR count). The van der Waals surface area contributed by atoms with Crippen LogP contribution in [0.15, 0.2) is 0 Å². The Balaban J connectivity index is 0. The van der Waals surface area contributed by atoms with Crippen molar-refractivity contribution in [3.63, 3.8) is 0 Å². The van der Waals surface area contributed by atoms with Crippen molar-refractivity contribution in [3.05, 3.63) is 5.92 Å². The zero-order chi connectivity index (χ0) is 12.1. The fraction of sp³-hybridized carbons (Fsp3) is 0.938. The van der Waals surface area contributed by atoms with Crippen LogP contribution in [0.1, 0.15) is 97.8 Å². The zero-order valence-corrected chi connectivity index (χ0v) is 12.0. The molecule has 0 aromatic heterocycles. The minimum absolute atomic E-state index is 0. The van der Waals surface area contributed by atoms with Crippen LogP contribution in [0.25, 0.3) is 0 Å². The third kappa shape index (κ3) is 17.0. The van der Waals surface area contributed by atoms with Crippen molar-refractivity contribution in [2.75, 3.05) is 0 Å². The van der Waals surface area contributed by atoms with Crippen LogP contribution in [0, 0.1) is 5.92 Å². The molecule has 0 unspecified atom stereocenters. The fourth-order valence-corrected chi connectivity index (χ4v) is 2.19. The summed E-state index contributed by atoms with van der Waals surface area (Å²) in [5.74, 6) is 1.74. The first-order valence-electron chi connectivity index (χ1n) is 7.62. The average Bonchev–Trinajstić information content (AvgIpc) is 2.29. The summed E-state index contributed by atoms with van der Waals surface area (Å²) in [6, 6.07) is 0. The molecule has 0 bridgehead atoms. The number of hydrogen-bond donors (Lipinski definition) is 0. The van der Waals surface area contributed by atoms with Gasteiger partial charge in [-0.2, -0.15) is 0 Å². The molecule has 0 atom stereocenters. The van der Waals surface area contributed by atoms with Gasteiger partial charge >= 0.3 is 29.6 Å². The normalized spacial score (nSPS) is 10.6. The second-order valence-electron chi connectivity index (χ2n) is 5.29. The standard InChI is InChI=1S/C16H33.Na.H/c1-4-6-8-10-11-13-15-16(3)14-12-9-7-5-2;;/h4-15H2,1-3H3;;. The predicted molar refractivity (Wildman–Crippen MR) is 82.8 cm³/mol. The first kappa shape index (κ1) is 20.3. The Labute approximate surface area is 133 Å². The average molecular weight is 249 g/mol. The van der Waals surface area contributed by atoms with Gasteiger partial charge in [0.15, 0.2) is 0 Å². The molecular weight excluding hydrogens is 215 g/mol. The van der Waals surface area contributed by atoms with Crippen LogP contribution in [-0.4, -0.2) is 29.6 Å². The van der Waals surface area contributed by atoms with Gasteiger partial charge in [0.2, 0.25) is 0 Å². The third-order valence-corrected chi connectivity index (χ3v) is 3.41. The van der Waals surface area contributed by atoms with Gasteiger partial charge in [-0.05, 0) is 18.8 Å². The van der Waals surface area contributed by atoms with E-state index in [0.29, 0.717) is 0 Å². The van der Waals surface area contributed by atoms with Crippen molar-refractivity contribution in [2.24, 2.45) is 0 Å². The van der Waals surface area contributed by atoms with Crippen LogP contribution in [0.3, 0.4) is 0 Å². The summed E-state index contributed by atoms with van der Waals surface area (Å²) in [6.45, 7) is 6.93. The first-order valence-corrected chi connectivity index (χ1v) is 7.62. The van der Waals surface area contributed by atoms with E-state index in [-0.39, 0.29) is 29.6 Å². The Bertz CT molecular complexity index is 123. The summed E-state index contributed by atoms with van der Waals surface area (Å²) in [6.07, 6.45) is 17.0. The van der Waals surface area contributed by atoms with E-state index in [9.17, 15) is 0 Å². The molecule has 0 aromatic carbocycles. The van der Waals surface area contributed by atoms with Crippen molar-refractivity contribution in [1.82, 2.24) is 0 Å². The molecule has 0 nitrogen and oxygen atoms in total. The molecule has 0 N–H and O–H groups in total. The third-order valence-electron chi connectivity index (χ3n) is 3.41. The Morgan fingerprint density at radius 1 is 0.588 bits per heavy atom. The van der Waals surface area contributed by atoms with Gasteiger partial charge in [0, 0.05) is 0 Å². The molecule has 0 saturated carbocycles. The molecule has 0 aromatic rings. The predicted octanol–water partition coefficient (Wildman–Crippen LogP) is 5.65. The number of rotatable bonds is 12. The van der Waals surface area contributed by atoms with Crippen molar-refractivity contribution in [1.29, 1.82) is 0 Å². The van der Waals surface area contributed by atoms with E-state index < -0.39 is 0 Å². The van der Waals surface area contributed by atoms with E-state index in [4.69, 9.17) is 0 Å². The van der Waals surface area contributed by atoms with E-state index in [1.807, 2.05) is 0 Å². The molecule has 1 heteroatoms. The van der Waals surface area contributed by atoms with Gasteiger partial charge in [-0.15, -0.1) is 0 Å². The van der Waals surface area contributed by atoms with Crippen molar-refractivity contribution >= 4 is 29.6 Å². The second-order valence-corrected chi connectivity index (χ2v) is 5.29. The molecule has 0 aliphatic rings. The summed E-state index contributed by atoms with van der Waals surface area (Å²) in [7, 11) is 0. The van der Waals surface area contributed by atoms with E-state index in [1.165, 1.54) is 77.0 Å². The summed E-state index contributed by atoms with van der Waals surface area (Å²) < 4.78 is 0. The van der Waals surface area contributed by atoms with Crippen LogP contribution in [-0.2, 0) is 0 Å². The van der Waals surface area contributed by atoms with Crippen molar-refractivity contribution in [3.8, 4) is 0 Å². The van der Waals surface area contributed by atoms with Gasteiger partial charge in [-0.1, -0.05) is 85.0 Å². The molecule has 0 saturated heterocycles. The molecule has 17 heavy (non-hydrogen) atoms. The Morgan fingerprint density at radius 2 is 0.941 bits per heavy atom. The van der Waals surface area contributed by atoms with Crippen LogP contribution in [0.2, 0.25) is 0 Å². The molecule has 0 fully saturated rings. The van der Waals surface area contributed by atoms with Gasteiger partial charge in [0.25, 0.3) is 0 Å². The second kappa shape index (κ2) is 17.0. The van der Waals surface area contributed by atoms with Gasteiger partial charge in [0.05, 0.1) is 0 Å². The van der Waals surface area contributed by atoms with Crippen molar-refractivity contribution < 1.29 is 0 Å². The van der Waals surface area contributed by atoms with E-state index in [0.717, 1.165) is 0 Å². The van der Waals surface area contributed by atoms with Gasteiger partial charge in [-0.25, -0.2) is 0 Å². The molecular formula is C16H34Na. The Kier molecular flexibility index (Phi) is 20.3. The van der Waals surface area contributed by atoms with Crippen LogP contribution in [0.4, 0.5) is 0 Å². The molecule has 99 valence electrons. The van der Waals surface area contributed by atoms with Gasteiger partial charge < -0.3 is 0 Å². The van der Waals surface area contributed by atoms with E-state index in [2.05, 4.69) is 20.8 Å². The molecule has 1 radical (unpaired) electrons. The summed E-state index contributed by atoms with van der Waals surface area (Å²) in [4.78, 5) is 0. The quantitative estimate of drug-likeness (QED) is 0.309.